The predicted octanol–water partition coefficient (Wildman–Crippen LogP) is 5.08. The molecule has 0 spiro atoms. The van der Waals surface area contributed by atoms with Gasteiger partial charge in [0.15, 0.2) is 5.78 Å². The van der Waals surface area contributed by atoms with Gasteiger partial charge in [-0.15, -0.1) is 11.8 Å². The van der Waals surface area contributed by atoms with E-state index in [4.69, 9.17) is 11.6 Å². The van der Waals surface area contributed by atoms with Crippen LogP contribution in [0.2, 0.25) is 5.02 Å². The molecule has 2 aromatic carbocycles. The third-order valence-electron chi connectivity index (χ3n) is 2.34. The van der Waals surface area contributed by atoms with Crippen LogP contribution in [0.25, 0.3) is 0 Å². The number of carbonyl (C=O) groups excluding carboxylic acids is 1. The Morgan fingerprint density at radius 1 is 1.17 bits per heavy atom. The zero-order valence-electron chi connectivity index (χ0n) is 9.40. The van der Waals surface area contributed by atoms with Gasteiger partial charge < -0.3 is 0 Å². The van der Waals surface area contributed by atoms with Gasteiger partial charge in [0.1, 0.15) is 0 Å². The molecular formula is C14H10BrClOS. The van der Waals surface area contributed by atoms with Crippen molar-refractivity contribution in [3.63, 3.8) is 0 Å². The number of thioether (sulfide) groups is 1. The fourth-order valence-corrected chi connectivity index (χ4v) is 2.98. The number of Topliss-reactive ketones (excluding diaryl/α,β-unsaturated/α-hetero) is 1. The maximum absolute atomic E-state index is 12.0. The second kappa shape index (κ2) is 6.41. The van der Waals surface area contributed by atoms with Gasteiger partial charge in [0.2, 0.25) is 0 Å². The van der Waals surface area contributed by atoms with Crippen LogP contribution in [0.1, 0.15) is 10.4 Å². The first-order valence-electron chi connectivity index (χ1n) is 5.33. The molecule has 18 heavy (non-hydrogen) atoms. The van der Waals surface area contributed by atoms with Crippen molar-refractivity contribution in [3.05, 3.63) is 63.6 Å². The van der Waals surface area contributed by atoms with Gasteiger partial charge in [-0.25, -0.2) is 0 Å². The summed E-state index contributed by atoms with van der Waals surface area (Å²) >= 11 is 10.9. The number of carbonyl (C=O) groups is 1. The van der Waals surface area contributed by atoms with E-state index in [1.54, 1.807) is 0 Å². The van der Waals surface area contributed by atoms with Crippen molar-refractivity contribution < 1.29 is 4.79 Å². The van der Waals surface area contributed by atoms with Crippen LogP contribution in [0.3, 0.4) is 0 Å². The largest absolute Gasteiger partial charge is 0.293 e. The minimum Gasteiger partial charge on any atom is -0.293 e. The summed E-state index contributed by atoms with van der Waals surface area (Å²) in [5.41, 5.74) is 0.712. The summed E-state index contributed by atoms with van der Waals surface area (Å²) in [4.78, 5) is 12.9. The molecule has 0 bridgehead atoms. The van der Waals surface area contributed by atoms with Crippen molar-refractivity contribution in [2.75, 3.05) is 5.75 Å². The van der Waals surface area contributed by atoms with Crippen LogP contribution in [0.15, 0.2) is 57.9 Å². The van der Waals surface area contributed by atoms with E-state index < -0.39 is 0 Å². The molecule has 0 aliphatic carbocycles. The molecule has 0 aliphatic heterocycles. The van der Waals surface area contributed by atoms with Crippen LogP contribution in [-0.4, -0.2) is 11.5 Å². The average Bonchev–Trinajstić information content (AvgIpc) is 2.37. The van der Waals surface area contributed by atoms with E-state index in [1.165, 1.54) is 11.8 Å². The minimum absolute atomic E-state index is 0.0984. The molecule has 2 rings (SSSR count). The number of hydrogen-bond acceptors (Lipinski definition) is 2. The summed E-state index contributed by atoms with van der Waals surface area (Å²) < 4.78 is 0.913. The maximum Gasteiger partial charge on any atom is 0.173 e. The maximum atomic E-state index is 12.0. The van der Waals surface area contributed by atoms with Gasteiger partial charge in [-0.3, -0.25) is 4.79 Å². The highest BCUT2D eigenvalue weighted by Crippen LogP contribution is 2.27. The number of halogens is 2. The Labute approximate surface area is 124 Å². The van der Waals surface area contributed by atoms with Crippen LogP contribution in [0.5, 0.6) is 0 Å². The number of hydrogen-bond donors (Lipinski definition) is 0. The molecule has 2 aromatic rings. The highest BCUT2D eigenvalue weighted by Gasteiger charge is 2.08. The zero-order chi connectivity index (χ0) is 13.0. The van der Waals surface area contributed by atoms with Crippen molar-refractivity contribution in [2.45, 2.75) is 4.90 Å². The lowest BCUT2D eigenvalue weighted by molar-refractivity contribution is 0.102. The SMILES string of the molecule is O=C(CSc1ccccc1Cl)c1cccc(Br)c1. The van der Waals surface area contributed by atoms with Crippen LogP contribution in [-0.2, 0) is 0 Å². The highest BCUT2D eigenvalue weighted by molar-refractivity contribution is 9.10. The lowest BCUT2D eigenvalue weighted by Gasteiger charge is -2.04. The molecule has 0 aliphatic rings. The molecule has 4 heteroatoms. The molecule has 0 atom stereocenters. The predicted molar refractivity (Wildman–Crippen MR) is 80.6 cm³/mol. The minimum atomic E-state index is 0.0984. The summed E-state index contributed by atoms with van der Waals surface area (Å²) in [6.45, 7) is 0. The molecule has 0 N–H and O–H groups in total. The Morgan fingerprint density at radius 2 is 1.94 bits per heavy atom. The number of ketones is 1. The molecule has 0 unspecified atom stereocenters. The monoisotopic (exact) mass is 340 g/mol. The zero-order valence-corrected chi connectivity index (χ0v) is 12.6. The fourth-order valence-electron chi connectivity index (χ4n) is 1.45. The molecular weight excluding hydrogens is 332 g/mol. The quantitative estimate of drug-likeness (QED) is 0.570. The van der Waals surface area contributed by atoms with E-state index in [0.29, 0.717) is 16.3 Å². The normalized spacial score (nSPS) is 10.3. The van der Waals surface area contributed by atoms with Crippen LogP contribution < -0.4 is 0 Å². The first-order chi connectivity index (χ1) is 8.66. The van der Waals surface area contributed by atoms with Crippen molar-refractivity contribution in [1.29, 1.82) is 0 Å². The number of benzene rings is 2. The lowest BCUT2D eigenvalue weighted by atomic mass is 10.2. The van der Waals surface area contributed by atoms with Gasteiger partial charge >= 0.3 is 0 Å². The van der Waals surface area contributed by atoms with Gasteiger partial charge in [0.25, 0.3) is 0 Å². The molecule has 0 heterocycles. The van der Waals surface area contributed by atoms with Crippen molar-refractivity contribution in [1.82, 2.24) is 0 Å². The smallest absolute Gasteiger partial charge is 0.173 e. The Morgan fingerprint density at radius 3 is 2.67 bits per heavy atom. The van der Waals surface area contributed by atoms with E-state index in [0.717, 1.165) is 9.37 Å². The Balaban J connectivity index is 2.03. The molecule has 0 saturated heterocycles. The molecule has 1 nitrogen and oxygen atoms in total. The van der Waals surface area contributed by atoms with Crippen molar-refractivity contribution in [3.8, 4) is 0 Å². The summed E-state index contributed by atoms with van der Waals surface area (Å²) in [5, 5.41) is 0.685. The lowest BCUT2D eigenvalue weighted by Crippen LogP contribution is -2.02. The van der Waals surface area contributed by atoms with Crippen molar-refractivity contribution in [2.24, 2.45) is 0 Å². The van der Waals surface area contributed by atoms with E-state index in [2.05, 4.69) is 15.9 Å². The molecule has 0 saturated carbocycles. The van der Waals surface area contributed by atoms with Gasteiger partial charge in [0, 0.05) is 14.9 Å². The second-order valence-corrected chi connectivity index (χ2v) is 5.99. The van der Waals surface area contributed by atoms with Crippen LogP contribution in [0, 0.1) is 0 Å². The van der Waals surface area contributed by atoms with Crippen LogP contribution >= 0.6 is 39.3 Å². The van der Waals surface area contributed by atoms with Gasteiger partial charge in [0.05, 0.1) is 10.8 Å². The third-order valence-corrected chi connectivity index (χ3v) is 4.35. The highest BCUT2D eigenvalue weighted by atomic mass is 79.9. The topological polar surface area (TPSA) is 17.1 Å². The summed E-state index contributed by atoms with van der Waals surface area (Å²) in [7, 11) is 0. The Kier molecular flexibility index (Phi) is 4.87. The first-order valence-corrected chi connectivity index (χ1v) is 7.48. The summed E-state index contributed by atoms with van der Waals surface area (Å²) in [5.74, 6) is 0.487. The molecule has 0 aromatic heterocycles. The van der Waals surface area contributed by atoms with Gasteiger partial charge in [-0.2, -0.15) is 0 Å². The third kappa shape index (κ3) is 3.61. The van der Waals surface area contributed by atoms with Crippen LogP contribution in [0.4, 0.5) is 0 Å². The van der Waals surface area contributed by atoms with E-state index in [1.807, 2.05) is 48.5 Å². The Hall–Kier alpha value is -0.770. The van der Waals surface area contributed by atoms with Gasteiger partial charge in [-0.1, -0.05) is 51.8 Å². The first kappa shape index (κ1) is 13.7. The van der Waals surface area contributed by atoms with E-state index in [-0.39, 0.29) is 5.78 Å². The summed E-state index contributed by atoms with van der Waals surface area (Å²) in [6, 6.07) is 14.9. The molecule has 0 radical (unpaired) electrons. The average molecular weight is 342 g/mol. The van der Waals surface area contributed by atoms with E-state index >= 15 is 0 Å². The number of rotatable bonds is 4. The Bertz CT molecular complexity index is 571. The molecule has 0 fully saturated rings. The van der Waals surface area contributed by atoms with E-state index in [9.17, 15) is 4.79 Å². The molecule has 0 amide bonds. The van der Waals surface area contributed by atoms with Crippen molar-refractivity contribution >= 4 is 45.1 Å². The summed E-state index contributed by atoms with van der Waals surface area (Å²) in [6.07, 6.45) is 0. The van der Waals surface area contributed by atoms with Gasteiger partial charge in [-0.05, 0) is 24.3 Å². The second-order valence-electron chi connectivity index (χ2n) is 3.65. The molecule has 92 valence electrons. The standard InChI is InChI=1S/C14H10BrClOS/c15-11-5-3-4-10(8-11)13(17)9-18-14-7-2-1-6-12(14)16/h1-8H,9H2. The fraction of sp³-hybridized carbons (Fsp3) is 0.0714.